The summed E-state index contributed by atoms with van der Waals surface area (Å²) in [6.07, 6.45) is 18.1. The number of fused-ring (bicyclic) bond motifs is 5. The molecule has 0 aromatic rings. The zero-order valence-corrected chi connectivity index (χ0v) is 27.0. The molecule has 0 bridgehead atoms. The van der Waals surface area contributed by atoms with Crippen LogP contribution in [0, 0.1) is 52.3 Å². The van der Waals surface area contributed by atoms with Crippen molar-refractivity contribution in [3.63, 3.8) is 0 Å². The van der Waals surface area contributed by atoms with Crippen molar-refractivity contribution in [2.24, 2.45) is 58.0 Å². The first-order valence-corrected chi connectivity index (χ1v) is 17.8. The monoisotopic (exact) mass is 561 g/mol. The Morgan fingerprint density at radius 1 is 0.775 bits per heavy atom. The molecular weight excluding hydrogens is 492 g/mol. The Labute approximate surface area is 248 Å². The Balaban J connectivity index is 1.12. The summed E-state index contributed by atoms with van der Waals surface area (Å²) in [6, 6.07) is 0. The first-order valence-electron chi connectivity index (χ1n) is 17.8. The molecule has 4 aliphatic carbocycles. The van der Waals surface area contributed by atoms with Gasteiger partial charge in [-0.25, -0.2) is 0 Å². The van der Waals surface area contributed by atoms with E-state index in [-0.39, 0.29) is 6.10 Å². The van der Waals surface area contributed by atoms with E-state index in [1.807, 2.05) is 0 Å². The minimum absolute atomic E-state index is 0.0292. The van der Waals surface area contributed by atoms with Crippen LogP contribution in [0.2, 0.25) is 0 Å². The summed E-state index contributed by atoms with van der Waals surface area (Å²) < 4.78 is 0. The molecule has 4 aliphatic rings. The summed E-state index contributed by atoms with van der Waals surface area (Å²) in [4.78, 5) is 0. The van der Waals surface area contributed by atoms with Crippen molar-refractivity contribution < 1.29 is 5.11 Å². The molecule has 10 atom stereocenters. The molecule has 0 saturated heterocycles. The molecular formula is C35H68N4O. The quantitative estimate of drug-likeness (QED) is 0.142. The fourth-order valence-corrected chi connectivity index (χ4v) is 10.7. The Kier molecular flexibility index (Phi) is 12.7. The lowest BCUT2D eigenvalue weighted by molar-refractivity contribution is -0.149. The van der Waals surface area contributed by atoms with Crippen LogP contribution in [0.15, 0.2) is 0 Å². The highest BCUT2D eigenvalue weighted by atomic mass is 16.3. The van der Waals surface area contributed by atoms with Crippen LogP contribution in [0.25, 0.3) is 0 Å². The van der Waals surface area contributed by atoms with E-state index in [1.165, 1.54) is 77.2 Å². The number of rotatable bonds is 17. The molecule has 4 rings (SSSR count). The fraction of sp³-hybridized carbons (Fsp3) is 1.00. The van der Waals surface area contributed by atoms with Crippen molar-refractivity contribution in [3.8, 4) is 0 Å². The highest BCUT2D eigenvalue weighted by Crippen LogP contribution is 2.69. The molecule has 5 nitrogen and oxygen atoms in total. The van der Waals surface area contributed by atoms with Gasteiger partial charge in [0.15, 0.2) is 0 Å². The second kappa shape index (κ2) is 15.5. The third-order valence-corrected chi connectivity index (χ3v) is 13.2. The van der Waals surface area contributed by atoms with Crippen LogP contribution in [-0.2, 0) is 0 Å². The number of unbranched alkanes of at least 4 members (excludes halogenated alkanes) is 1. The van der Waals surface area contributed by atoms with Gasteiger partial charge in [0.05, 0.1) is 6.10 Å². The molecule has 0 amide bonds. The minimum atomic E-state index is -0.0292. The molecule has 5 heteroatoms. The minimum Gasteiger partial charge on any atom is -0.393 e. The Morgan fingerprint density at radius 3 is 2.12 bits per heavy atom. The number of aliphatic hydroxyl groups excluding tert-OH is 1. The number of hydrogen-bond donors (Lipinski definition) is 5. The first-order chi connectivity index (χ1) is 19.3. The molecule has 4 unspecified atom stereocenters. The van der Waals surface area contributed by atoms with Crippen LogP contribution < -0.4 is 21.7 Å². The molecule has 40 heavy (non-hydrogen) atoms. The highest BCUT2D eigenvalue weighted by Gasteiger charge is 2.62. The van der Waals surface area contributed by atoms with Crippen LogP contribution in [0.5, 0.6) is 0 Å². The van der Waals surface area contributed by atoms with Gasteiger partial charge in [0.25, 0.3) is 0 Å². The van der Waals surface area contributed by atoms with Crippen molar-refractivity contribution >= 4 is 0 Å². The van der Waals surface area contributed by atoms with Crippen molar-refractivity contribution in [2.75, 3.05) is 45.8 Å². The average Bonchev–Trinajstić information content (AvgIpc) is 3.30. The first kappa shape index (κ1) is 32.7. The molecule has 0 aromatic carbocycles. The van der Waals surface area contributed by atoms with Gasteiger partial charge >= 0.3 is 0 Å². The standard InChI is InChI=1S/C35H68N4O/c1-26(10-7-20-39-23-9-22-38-19-6-5-18-37-21-8-17-36)31-13-14-32-30-12-11-28-25-29(40)15-16-34(28,3)33(30)24-27(2)35(31,32)4/h26-33,37-40H,5-25,36H2,1-4H3/t26?,27-,28+,29+,30?,31+,32?,33?,34-,35+/m0/s1. The normalized spacial score (nSPS) is 39.9. The van der Waals surface area contributed by atoms with E-state index in [9.17, 15) is 5.11 Å². The topological polar surface area (TPSA) is 82.3 Å². The summed E-state index contributed by atoms with van der Waals surface area (Å²) in [7, 11) is 0. The average molecular weight is 561 g/mol. The fourth-order valence-electron chi connectivity index (χ4n) is 10.7. The number of nitrogens with one attached hydrogen (secondary N) is 3. The van der Waals surface area contributed by atoms with Crippen LogP contribution in [0.4, 0.5) is 0 Å². The van der Waals surface area contributed by atoms with Gasteiger partial charge in [-0.2, -0.15) is 0 Å². The maximum atomic E-state index is 10.4. The third-order valence-electron chi connectivity index (χ3n) is 13.2. The molecule has 234 valence electrons. The maximum absolute atomic E-state index is 10.4. The summed E-state index contributed by atoms with van der Waals surface area (Å²) in [5, 5.41) is 21.2. The maximum Gasteiger partial charge on any atom is 0.0543 e. The Hall–Kier alpha value is -0.200. The van der Waals surface area contributed by atoms with Crippen molar-refractivity contribution in [3.05, 3.63) is 0 Å². The van der Waals surface area contributed by atoms with Gasteiger partial charge in [-0.05, 0) is 188 Å². The van der Waals surface area contributed by atoms with Gasteiger partial charge < -0.3 is 26.8 Å². The second-order valence-electron chi connectivity index (χ2n) is 15.3. The van der Waals surface area contributed by atoms with E-state index < -0.39 is 0 Å². The van der Waals surface area contributed by atoms with Gasteiger partial charge in [-0.1, -0.05) is 27.7 Å². The van der Waals surface area contributed by atoms with E-state index >= 15 is 0 Å². The number of nitrogens with two attached hydrogens (primary N) is 1. The summed E-state index contributed by atoms with van der Waals surface area (Å²) in [5.74, 6) is 6.16. The zero-order valence-electron chi connectivity index (χ0n) is 27.0. The van der Waals surface area contributed by atoms with Gasteiger partial charge in [0.1, 0.15) is 0 Å². The van der Waals surface area contributed by atoms with Gasteiger partial charge in [0, 0.05) is 0 Å². The van der Waals surface area contributed by atoms with E-state index in [4.69, 9.17) is 5.73 Å². The van der Waals surface area contributed by atoms with Crippen LogP contribution in [0.3, 0.4) is 0 Å². The van der Waals surface area contributed by atoms with Crippen molar-refractivity contribution in [1.82, 2.24) is 16.0 Å². The van der Waals surface area contributed by atoms with E-state index in [0.29, 0.717) is 10.8 Å². The van der Waals surface area contributed by atoms with Gasteiger partial charge in [-0.15, -0.1) is 0 Å². The van der Waals surface area contributed by atoms with Gasteiger partial charge in [-0.3, -0.25) is 0 Å². The lowest BCUT2D eigenvalue weighted by Gasteiger charge is -2.63. The molecule has 0 aliphatic heterocycles. The summed E-state index contributed by atoms with van der Waals surface area (Å²) in [5.41, 5.74) is 6.55. The Bertz CT molecular complexity index is 734. The lowest BCUT2D eigenvalue weighted by Crippen LogP contribution is -2.56. The molecule has 0 heterocycles. The van der Waals surface area contributed by atoms with Crippen LogP contribution >= 0.6 is 0 Å². The second-order valence-corrected chi connectivity index (χ2v) is 15.3. The third kappa shape index (κ3) is 7.47. The van der Waals surface area contributed by atoms with Gasteiger partial charge in [0.2, 0.25) is 0 Å². The predicted molar refractivity (Wildman–Crippen MR) is 170 cm³/mol. The predicted octanol–water partition coefficient (Wildman–Crippen LogP) is 5.96. The number of hydrogen-bond acceptors (Lipinski definition) is 5. The lowest BCUT2D eigenvalue weighted by atomic mass is 9.42. The number of aliphatic hydroxyl groups is 1. The van der Waals surface area contributed by atoms with Crippen LogP contribution in [0.1, 0.15) is 118 Å². The highest BCUT2D eigenvalue weighted by molar-refractivity contribution is 5.11. The summed E-state index contributed by atoms with van der Waals surface area (Å²) in [6.45, 7) is 18.1. The molecule has 0 radical (unpaired) electrons. The van der Waals surface area contributed by atoms with Crippen molar-refractivity contribution in [2.45, 2.75) is 124 Å². The molecule has 4 saturated carbocycles. The Morgan fingerprint density at radius 2 is 1.43 bits per heavy atom. The van der Waals surface area contributed by atoms with Crippen molar-refractivity contribution in [1.29, 1.82) is 0 Å². The summed E-state index contributed by atoms with van der Waals surface area (Å²) >= 11 is 0. The smallest absolute Gasteiger partial charge is 0.0543 e. The largest absolute Gasteiger partial charge is 0.393 e. The van der Waals surface area contributed by atoms with Crippen LogP contribution in [-0.4, -0.2) is 57.0 Å². The molecule has 6 N–H and O–H groups in total. The molecule has 4 fully saturated rings. The van der Waals surface area contributed by atoms with E-state index in [0.717, 1.165) is 100.0 Å². The zero-order chi connectivity index (χ0) is 28.6. The molecule has 0 spiro atoms. The SMILES string of the molecule is CC(CCCNCCCNCCCCNCCCN)[C@H]1CCC2C3CC[C@@H]4C[C@H](O)CC[C@]4(C)C3C[C@H](C)[C@@]21C. The van der Waals surface area contributed by atoms with E-state index in [2.05, 4.69) is 43.6 Å². The molecule has 0 aromatic heterocycles. The van der Waals surface area contributed by atoms with E-state index in [1.54, 1.807) is 0 Å².